The van der Waals surface area contributed by atoms with Crippen molar-refractivity contribution in [1.82, 2.24) is 10.2 Å². The lowest BCUT2D eigenvalue weighted by Gasteiger charge is -2.39. The molecular weight excluding hydrogens is 248 g/mol. The quantitative estimate of drug-likeness (QED) is 0.911. The molecule has 1 fully saturated rings. The third-order valence-corrected chi connectivity index (χ3v) is 5.03. The molecule has 1 N–H and O–H groups in total. The molecule has 1 aromatic carbocycles. The zero-order valence-electron chi connectivity index (χ0n) is 12.7. The van der Waals surface area contributed by atoms with Gasteiger partial charge in [-0.25, -0.2) is 0 Å². The molecule has 1 aromatic rings. The van der Waals surface area contributed by atoms with Gasteiger partial charge in [-0.3, -0.25) is 0 Å². The second-order valence-corrected chi connectivity index (χ2v) is 6.44. The summed E-state index contributed by atoms with van der Waals surface area (Å²) in [5, 5.41) is 3.46. The number of fused-ring (bicyclic) bond motifs is 1. The van der Waals surface area contributed by atoms with Crippen LogP contribution in [0.25, 0.3) is 0 Å². The zero-order valence-corrected chi connectivity index (χ0v) is 12.7. The Morgan fingerprint density at radius 2 is 2.10 bits per heavy atom. The fourth-order valence-electron chi connectivity index (χ4n) is 3.20. The Morgan fingerprint density at radius 3 is 2.85 bits per heavy atom. The average Bonchev–Trinajstić information content (AvgIpc) is 2.94. The van der Waals surface area contributed by atoms with Gasteiger partial charge in [0.15, 0.2) is 0 Å². The minimum atomic E-state index is 0.349. The van der Waals surface area contributed by atoms with Crippen LogP contribution >= 0.6 is 0 Å². The predicted octanol–water partition coefficient (Wildman–Crippen LogP) is 2.24. The van der Waals surface area contributed by atoms with E-state index in [1.165, 1.54) is 43.6 Å². The summed E-state index contributed by atoms with van der Waals surface area (Å²) < 4.78 is 5.57. The van der Waals surface area contributed by atoms with Gasteiger partial charge in [-0.15, -0.1) is 0 Å². The number of rotatable bonds is 4. The Bertz CT molecular complexity index is 464. The number of likely N-dealkylation sites (tertiary alicyclic amines) is 1. The maximum atomic E-state index is 5.57. The van der Waals surface area contributed by atoms with Crippen LogP contribution in [0.4, 0.5) is 0 Å². The van der Waals surface area contributed by atoms with E-state index < -0.39 is 0 Å². The first-order chi connectivity index (χ1) is 9.68. The lowest BCUT2D eigenvalue weighted by molar-refractivity contribution is 0.153. The average molecular weight is 274 g/mol. The second kappa shape index (κ2) is 5.74. The van der Waals surface area contributed by atoms with E-state index in [1.54, 1.807) is 0 Å². The monoisotopic (exact) mass is 274 g/mol. The molecule has 110 valence electrons. The summed E-state index contributed by atoms with van der Waals surface area (Å²) in [5.41, 5.74) is 3.20. The van der Waals surface area contributed by atoms with Crippen molar-refractivity contribution in [2.75, 3.05) is 33.3 Å². The Labute approximate surface area is 122 Å². The van der Waals surface area contributed by atoms with Gasteiger partial charge in [-0.05, 0) is 63.5 Å². The molecule has 0 atom stereocenters. The molecule has 0 aliphatic carbocycles. The SMILES string of the molecule is CNC1(C)CCN(CCc2ccc3c(c2)CCO3)CC1. The first-order valence-corrected chi connectivity index (χ1v) is 7.84. The molecule has 3 rings (SSSR count). The number of nitrogens with zero attached hydrogens (tertiary/aromatic N) is 1. The van der Waals surface area contributed by atoms with Crippen molar-refractivity contribution >= 4 is 0 Å². The molecule has 0 spiro atoms. The van der Waals surface area contributed by atoms with Crippen molar-refractivity contribution in [3.05, 3.63) is 29.3 Å². The van der Waals surface area contributed by atoms with Crippen LogP contribution in [0.5, 0.6) is 5.75 Å². The van der Waals surface area contributed by atoms with Gasteiger partial charge in [0.25, 0.3) is 0 Å². The number of nitrogens with one attached hydrogen (secondary N) is 1. The summed E-state index contributed by atoms with van der Waals surface area (Å²) >= 11 is 0. The van der Waals surface area contributed by atoms with E-state index in [4.69, 9.17) is 4.74 Å². The summed E-state index contributed by atoms with van der Waals surface area (Å²) in [6, 6.07) is 6.71. The molecule has 1 saturated heterocycles. The maximum absolute atomic E-state index is 5.57. The second-order valence-electron chi connectivity index (χ2n) is 6.44. The molecule has 2 heterocycles. The highest BCUT2D eigenvalue weighted by Gasteiger charge is 2.27. The summed E-state index contributed by atoms with van der Waals surface area (Å²) in [5.74, 6) is 1.09. The van der Waals surface area contributed by atoms with Crippen LogP contribution < -0.4 is 10.1 Å². The third-order valence-electron chi connectivity index (χ3n) is 5.03. The molecule has 20 heavy (non-hydrogen) atoms. The molecule has 0 aromatic heterocycles. The molecule has 0 bridgehead atoms. The number of hydrogen-bond donors (Lipinski definition) is 1. The largest absolute Gasteiger partial charge is 0.493 e. The van der Waals surface area contributed by atoms with Gasteiger partial charge < -0.3 is 15.0 Å². The Hall–Kier alpha value is -1.06. The fourth-order valence-corrected chi connectivity index (χ4v) is 3.20. The van der Waals surface area contributed by atoms with Gasteiger partial charge in [0, 0.05) is 18.5 Å². The van der Waals surface area contributed by atoms with Gasteiger partial charge in [0.2, 0.25) is 0 Å². The van der Waals surface area contributed by atoms with Gasteiger partial charge >= 0.3 is 0 Å². The number of hydrogen-bond acceptors (Lipinski definition) is 3. The molecule has 0 amide bonds. The van der Waals surface area contributed by atoms with E-state index in [1.807, 2.05) is 0 Å². The Balaban J connectivity index is 1.51. The first-order valence-electron chi connectivity index (χ1n) is 7.84. The third kappa shape index (κ3) is 2.99. The zero-order chi connectivity index (χ0) is 14.0. The lowest BCUT2D eigenvalue weighted by atomic mass is 9.90. The Kier molecular flexibility index (Phi) is 3.99. The van der Waals surface area contributed by atoms with Crippen molar-refractivity contribution in [3.63, 3.8) is 0 Å². The number of ether oxygens (including phenoxy) is 1. The van der Waals surface area contributed by atoms with Crippen LogP contribution in [0.15, 0.2) is 18.2 Å². The normalized spacial score (nSPS) is 21.5. The van der Waals surface area contributed by atoms with E-state index in [0.29, 0.717) is 5.54 Å². The molecular formula is C17H26N2O. The molecule has 3 nitrogen and oxygen atoms in total. The molecule has 0 saturated carbocycles. The highest BCUT2D eigenvalue weighted by molar-refractivity contribution is 5.39. The topological polar surface area (TPSA) is 24.5 Å². The Morgan fingerprint density at radius 1 is 1.30 bits per heavy atom. The van der Waals surface area contributed by atoms with Crippen LogP contribution in [0.3, 0.4) is 0 Å². The van der Waals surface area contributed by atoms with Gasteiger partial charge in [-0.2, -0.15) is 0 Å². The fraction of sp³-hybridized carbons (Fsp3) is 0.647. The van der Waals surface area contributed by atoms with Gasteiger partial charge in [0.1, 0.15) is 5.75 Å². The predicted molar refractivity (Wildman–Crippen MR) is 82.5 cm³/mol. The van der Waals surface area contributed by atoms with Crippen molar-refractivity contribution in [3.8, 4) is 5.75 Å². The minimum absolute atomic E-state index is 0.349. The van der Waals surface area contributed by atoms with Gasteiger partial charge in [-0.1, -0.05) is 12.1 Å². The molecule has 0 radical (unpaired) electrons. The van der Waals surface area contributed by atoms with Crippen molar-refractivity contribution in [1.29, 1.82) is 0 Å². The van der Waals surface area contributed by atoms with E-state index in [2.05, 4.69) is 42.4 Å². The van der Waals surface area contributed by atoms with E-state index >= 15 is 0 Å². The molecule has 0 unspecified atom stereocenters. The highest BCUT2D eigenvalue weighted by atomic mass is 16.5. The first kappa shape index (κ1) is 13.9. The summed E-state index contributed by atoms with van der Waals surface area (Å²) in [4.78, 5) is 2.60. The van der Waals surface area contributed by atoms with Crippen molar-refractivity contribution in [2.24, 2.45) is 0 Å². The van der Waals surface area contributed by atoms with Crippen LogP contribution in [0.1, 0.15) is 30.9 Å². The summed E-state index contributed by atoms with van der Waals surface area (Å²) in [7, 11) is 2.09. The number of piperidine rings is 1. The van der Waals surface area contributed by atoms with Crippen LogP contribution in [-0.2, 0) is 12.8 Å². The van der Waals surface area contributed by atoms with Crippen LogP contribution in [0, 0.1) is 0 Å². The molecule has 2 aliphatic rings. The van der Waals surface area contributed by atoms with E-state index in [-0.39, 0.29) is 0 Å². The van der Waals surface area contributed by atoms with Gasteiger partial charge in [0.05, 0.1) is 6.61 Å². The lowest BCUT2D eigenvalue weighted by Crippen LogP contribution is -2.50. The molecule has 2 aliphatic heterocycles. The van der Waals surface area contributed by atoms with Crippen LogP contribution in [-0.4, -0.2) is 43.7 Å². The summed E-state index contributed by atoms with van der Waals surface area (Å²) in [6.45, 7) is 6.80. The van der Waals surface area contributed by atoms with Crippen molar-refractivity contribution in [2.45, 2.75) is 38.1 Å². The highest BCUT2D eigenvalue weighted by Crippen LogP contribution is 2.26. The van der Waals surface area contributed by atoms with E-state index in [0.717, 1.165) is 25.2 Å². The van der Waals surface area contributed by atoms with Crippen molar-refractivity contribution < 1.29 is 4.74 Å². The molecule has 3 heteroatoms. The van der Waals surface area contributed by atoms with Crippen LogP contribution in [0.2, 0.25) is 0 Å². The summed E-state index contributed by atoms with van der Waals surface area (Å²) in [6.07, 6.45) is 4.74. The smallest absolute Gasteiger partial charge is 0.122 e. The minimum Gasteiger partial charge on any atom is -0.493 e. The maximum Gasteiger partial charge on any atom is 0.122 e. The number of benzene rings is 1. The van der Waals surface area contributed by atoms with E-state index in [9.17, 15) is 0 Å². The standard InChI is InChI=1S/C17H26N2O/c1-17(18-2)7-10-19(11-8-17)9-5-14-3-4-16-15(13-14)6-12-20-16/h3-4,13,18H,5-12H2,1-2H3.